The summed E-state index contributed by atoms with van der Waals surface area (Å²) in [6.07, 6.45) is 0. The number of nitrogens with zero attached hydrogens (tertiary/aromatic N) is 1. The first-order chi connectivity index (χ1) is 8.97. The topological polar surface area (TPSA) is 78.5 Å². The number of amides is 4. The molecule has 0 spiro atoms. The number of anilines is 1. The second-order valence-corrected chi connectivity index (χ2v) is 3.81. The van der Waals surface area contributed by atoms with Gasteiger partial charge in [0.2, 0.25) is 5.91 Å². The zero-order valence-electron chi connectivity index (χ0n) is 9.57. The standard InChI is InChI=1S/C11H9F2N3O3/c12-6-1-2-8(7(13)3-6)15-9(17)5-16-10(18)4-14-11(16)19/h1-3H,4-5H2,(H,14,19)(H,15,17). The first-order valence-corrected chi connectivity index (χ1v) is 5.30. The summed E-state index contributed by atoms with van der Waals surface area (Å²) in [7, 11) is 0. The Morgan fingerprint density at radius 3 is 2.68 bits per heavy atom. The second kappa shape index (κ2) is 5.01. The number of carbonyl (C=O) groups excluding carboxylic acids is 3. The van der Waals surface area contributed by atoms with Crippen LogP contribution in [0.4, 0.5) is 19.3 Å². The Morgan fingerprint density at radius 1 is 1.37 bits per heavy atom. The van der Waals surface area contributed by atoms with Gasteiger partial charge in [-0.1, -0.05) is 0 Å². The lowest BCUT2D eigenvalue weighted by Gasteiger charge is -2.12. The highest BCUT2D eigenvalue weighted by molar-refractivity contribution is 6.06. The van der Waals surface area contributed by atoms with Gasteiger partial charge in [0, 0.05) is 6.07 Å². The minimum Gasteiger partial charge on any atom is -0.329 e. The van der Waals surface area contributed by atoms with E-state index in [0.29, 0.717) is 11.0 Å². The molecule has 8 heteroatoms. The van der Waals surface area contributed by atoms with E-state index in [9.17, 15) is 23.2 Å². The van der Waals surface area contributed by atoms with Crippen LogP contribution in [0.3, 0.4) is 0 Å². The Bertz CT molecular complexity index is 546. The highest BCUT2D eigenvalue weighted by atomic mass is 19.1. The molecule has 1 aromatic rings. The van der Waals surface area contributed by atoms with Crippen molar-refractivity contribution in [2.24, 2.45) is 0 Å². The van der Waals surface area contributed by atoms with E-state index in [-0.39, 0.29) is 12.2 Å². The van der Waals surface area contributed by atoms with Crippen molar-refractivity contribution >= 4 is 23.5 Å². The van der Waals surface area contributed by atoms with Crippen molar-refractivity contribution < 1.29 is 23.2 Å². The highest BCUT2D eigenvalue weighted by Crippen LogP contribution is 2.14. The normalized spacial score (nSPS) is 14.5. The van der Waals surface area contributed by atoms with Gasteiger partial charge >= 0.3 is 6.03 Å². The van der Waals surface area contributed by atoms with Crippen molar-refractivity contribution in [1.82, 2.24) is 10.2 Å². The molecule has 1 saturated heterocycles. The maximum Gasteiger partial charge on any atom is 0.325 e. The lowest BCUT2D eigenvalue weighted by molar-refractivity contribution is -0.128. The molecule has 6 nitrogen and oxygen atoms in total. The van der Waals surface area contributed by atoms with E-state index in [1.807, 2.05) is 0 Å². The number of hydrogen-bond donors (Lipinski definition) is 2. The second-order valence-electron chi connectivity index (χ2n) is 3.81. The molecule has 0 radical (unpaired) electrons. The fraction of sp³-hybridized carbons (Fsp3) is 0.182. The summed E-state index contributed by atoms with van der Waals surface area (Å²) >= 11 is 0. The predicted octanol–water partition coefficient (Wildman–Crippen LogP) is 0.455. The summed E-state index contributed by atoms with van der Waals surface area (Å²) in [6, 6.07) is 1.96. The van der Waals surface area contributed by atoms with Gasteiger partial charge in [0.1, 0.15) is 18.2 Å². The third kappa shape index (κ3) is 2.84. The fourth-order valence-electron chi connectivity index (χ4n) is 1.54. The van der Waals surface area contributed by atoms with Crippen LogP contribution in [0, 0.1) is 11.6 Å². The van der Waals surface area contributed by atoms with Crippen molar-refractivity contribution in [2.45, 2.75) is 0 Å². The maximum atomic E-state index is 13.3. The van der Waals surface area contributed by atoms with E-state index >= 15 is 0 Å². The van der Waals surface area contributed by atoms with E-state index in [0.717, 1.165) is 12.1 Å². The molecule has 1 aromatic carbocycles. The number of hydrogen-bond acceptors (Lipinski definition) is 3. The van der Waals surface area contributed by atoms with Crippen molar-refractivity contribution in [1.29, 1.82) is 0 Å². The fourth-order valence-corrected chi connectivity index (χ4v) is 1.54. The van der Waals surface area contributed by atoms with E-state index in [2.05, 4.69) is 10.6 Å². The molecule has 1 fully saturated rings. The van der Waals surface area contributed by atoms with E-state index in [1.54, 1.807) is 0 Å². The van der Waals surface area contributed by atoms with E-state index < -0.39 is 36.0 Å². The third-order valence-electron chi connectivity index (χ3n) is 2.44. The average Bonchev–Trinajstić information content (AvgIpc) is 2.65. The van der Waals surface area contributed by atoms with Crippen molar-refractivity contribution in [3.05, 3.63) is 29.8 Å². The molecule has 0 unspecified atom stereocenters. The molecule has 100 valence electrons. The van der Waals surface area contributed by atoms with Crippen LogP contribution in [0.2, 0.25) is 0 Å². The van der Waals surface area contributed by atoms with Crippen LogP contribution in [-0.4, -0.2) is 35.8 Å². The van der Waals surface area contributed by atoms with Gasteiger partial charge in [-0.2, -0.15) is 0 Å². The Morgan fingerprint density at radius 2 is 2.11 bits per heavy atom. The third-order valence-corrected chi connectivity index (χ3v) is 2.44. The molecule has 4 amide bonds. The molecular formula is C11H9F2N3O3. The highest BCUT2D eigenvalue weighted by Gasteiger charge is 2.30. The van der Waals surface area contributed by atoms with Crippen LogP contribution in [0.5, 0.6) is 0 Å². The average molecular weight is 269 g/mol. The number of benzene rings is 1. The first-order valence-electron chi connectivity index (χ1n) is 5.30. The predicted molar refractivity (Wildman–Crippen MR) is 60.1 cm³/mol. The molecule has 0 aliphatic carbocycles. The van der Waals surface area contributed by atoms with Gasteiger partial charge in [-0.05, 0) is 12.1 Å². The van der Waals surface area contributed by atoms with Gasteiger partial charge in [0.25, 0.3) is 5.91 Å². The molecule has 0 bridgehead atoms. The monoisotopic (exact) mass is 269 g/mol. The van der Waals surface area contributed by atoms with Crippen LogP contribution in [0.15, 0.2) is 18.2 Å². The minimum atomic E-state index is -0.939. The van der Waals surface area contributed by atoms with Gasteiger partial charge in [0.15, 0.2) is 0 Å². The van der Waals surface area contributed by atoms with Gasteiger partial charge in [-0.3, -0.25) is 14.5 Å². The number of rotatable bonds is 3. The van der Waals surface area contributed by atoms with Crippen molar-refractivity contribution in [3.63, 3.8) is 0 Å². The number of carbonyl (C=O) groups is 3. The summed E-state index contributed by atoms with van der Waals surface area (Å²) in [5.74, 6) is -3.01. The Kier molecular flexibility index (Phi) is 3.41. The number of nitrogens with one attached hydrogen (secondary N) is 2. The van der Waals surface area contributed by atoms with Gasteiger partial charge < -0.3 is 10.6 Å². The molecule has 1 heterocycles. The molecule has 0 saturated carbocycles. The maximum absolute atomic E-state index is 13.3. The zero-order chi connectivity index (χ0) is 14.0. The molecule has 0 aromatic heterocycles. The van der Waals surface area contributed by atoms with Crippen LogP contribution < -0.4 is 10.6 Å². The van der Waals surface area contributed by atoms with Crippen LogP contribution in [-0.2, 0) is 9.59 Å². The Labute approximate surface area is 106 Å². The molecule has 2 N–H and O–H groups in total. The SMILES string of the molecule is O=C(CN1C(=O)CNC1=O)Nc1ccc(F)cc1F. The summed E-state index contributed by atoms with van der Waals surface area (Å²) in [5.41, 5.74) is -0.224. The lowest BCUT2D eigenvalue weighted by atomic mass is 10.3. The largest absolute Gasteiger partial charge is 0.329 e. The van der Waals surface area contributed by atoms with Crippen molar-refractivity contribution in [3.8, 4) is 0 Å². The zero-order valence-corrected chi connectivity index (χ0v) is 9.57. The van der Waals surface area contributed by atoms with Gasteiger partial charge in [-0.15, -0.1) is 0 Å². The summed E-state index contributed by atoms with van der Waals surface area (Å²) in [5, 5.41) is 4.39. The lowest BCUT2D eigenvalue weighted by Crippen LogP contribution is -2.38. The summed E-state index contributed by atoms with van der Waals surface area (Å²) < 4.78 is 25.9. The molecular weight excluding hydrogens is 260 g/mol. The molecule has 0 atom stereocenters. The Hall–Kier alpha value is -2.51. The molecule has 2 rings (SSSR count). The molecule has 19 heavy (non-hydrogen) atoms. The van der Waals surface area contributed by atoms with Crippen LogP contribution in [0.1, 0.15) is 0 Å². The number of urea groups is 1. The van der Waals surface area contributed by atoms with Crippen LogP contribution >= 0.6 is 0 Å². The van der Waals surface area contributed by atoms with E-state index in [4.69, 9.17) is 0 Å². The number of halogens is 2. The summed E-state index contributed by atoms with van der Waals surface area (Å²) in [6.45, 7) is -0.696. The number of imide groups is 1. The van der Waals surface area contributed by atoms with Crippen LogP contribution in [0.25, 0.3) is 0 Å². The molecule has 1 aliphatic heterocycles. The first kappa shape index (κ1) is 12.9. The van der Waals surface area contributed by atoms with E-state index in [1.165, 1.54) is 0 Å². The van der Waals surface area contributed by atoms with Gasteiger partial charge in [0.05, 0.1) is 12.2 Å². The van der Waals surface area contributed by atoms with Crippen molar-refractivity contribution in [2.75, 3.05) is 18.4 Å². The van der Waals surface area contributed by atoms with Gasteiger partial charge in [-0.25, -0.2) is 13.6 Å². The smallest absolute Gasteiger partial charge is 0.325 e. The minimum absolute atomic E-state index is 0.170. The summed E-state index contributed by atoms with van der Waals surface area (Å²) in [4.78, 5) is 34.7. The Balaban J connectivity index is 2.01. The quantitative estimate of drug-likeness (QED) is 0.782. The molecule has 1 aliphatic rings.